The molecule has 7 nitrogen and oxygen atoms in total. The number of hydrogen-bond acceptors (Lipinski definition) is 6. The Hall–Kier alpha value is -2.19. The molecule has 152 valence electrons. The minimum Gasteiger partial charge on any atom is -0.387 e. The zero-order chi connectivity index (χ0) is 20.3. The average molecular weight is 405 g/mol. The summed E-state index contributed by atoms with van der Waals surface area (Å²) in [7, 11) is 0. The van der Waals surface area contributed by atoms with Gasteiger partial charge in [-0.3, -0.25) is 14.4 Å². The van der Waals surface area contributed by atoms with E-state index in [9.17, 15) is 9.59 Å². The summed E-state index contributed by atoms with van der Waals surface area (Å²) < 4.78 is 0. The fraction of sp³-hybridized carbons (Fsp3) is 0.550. The molecule has 2 aliphatic heterocycles. The molecule has 2 aliphatic rings. The van der Waals surface area contributed by atoms with E-state index in [4.69, 9.17) is 10.6 Å². The summed E-state index contributed by atoms with van der Waals surface area (Å²) >= 11 is 1.64. The summed E-state index contributed by atoms with van der Waals surface area (Å²) in [5.74, 6) is 0.894. The lowest BCUT2D eigenvalue weighted by atomic mass is 9.95. The average Bonchev–Trinajstić information content (AvgIpc) is 2.89. The highest BCUT2D eigenvalue weighted by atomic mass is 32.1. The van der Waals surface area contributed by atoms with Gasteiger partial charge in [-0.25, -0.2) is 10.1 Å². The number of nitrogens with two attached hydrogens (primary N) is 1. The van der Waals surface area contributed by atoms with Crippen LogP contribution in [0.15, 0.2) is 16.6 Å². The molecule has 1 aromatic heterocycles. The maximum Gasteiger partial charge on any atom is 0.273 e. The van der Waals surface area contributed by atoms with Crippen LogP contribution in [0, 0.1) is 5.92 Å². The molecule has 1 aromatic rings. The molecule has 0 saturated carbocycles. The van der Waals surface area contributed by atoms with Crippen LogP contribution in [0.2, 0.25) is 0 Å². The summed E-state index contributed by atoms with van der Waals surface area (Å²) in [6.07, 6.45) is 3.95. The van der Waals surface area contributed by atoms with Crippen LogP contribution in [0.5, 0.6) is 0 Å². The first-order valence-corrected chi connectivity index (χ1v) is 10.6. The Balaban J connectivity index is 1.77. The van der Waals surface area contributed by atoms with Gasteiger partial charge in [-0.2, -0.15) is 0 Å². The first kappa shape index (κ1) is 20.5. The lowest BCUT2D eigenvalue weighted by Gasteiger charge is -2.38. The zero-order valence-electron chi connectivity index (χ0n) is 16.7. The number of nitrogens with zero attached hydrogens (tertiary/aromatic N) is 3. The molecule has 1 saturated heterocycles. The van der Waals surface area contributed by atoms with Gasteiger partial charge in [0.25, 0.3) is 5.91 Å². The Bertz CT molecular complexity index is 802. The van der Waals surface area contributed by atoms with Crippen LogP contribution in [0.4, 0.5) is 5.69 Å². The number of carbonyl (C=O) groups is 2. The molecule has 0 aliphatic carbocycles. The molecule has 1 fully saturated rings. The topological polar surface area (TPSA) is 88.2 Å². The highest BCUT2D eigenvalue weighted by Crippen LogP contribution is 2.36. The summed E-state index contributed by atoms with van der Waals surface area (Å²) in [6.45, 7) is 8.08. The van der Waals surface area contributed by atoms with Crippen LogP contribution in [-0.4, -0.2) is 53.9 Å². The highest BCUT2D eigenvalue weighted by molar-refractivity contribution is 7.13. The van der Waals surface area contributed by atoms with Crippen molar-refractivity contribution in [2.75, 3.05) is 26.2 Å². The second-order valence-corrected chi connectivity index (χ2v) is 8.40. The van der Waals surface area contributed by atoms with Gasteiger partial charge in [0.2, 0.25) is 5.91 Å². The van der Waals surface area contributed by atoms with Crippen molar-refractivity contribution in [3.8, 4) is 0 Å². The van der Waals surface area contributed by atoms with E-state index in [2.05, 4.69) is 11.1 Å². The maximum atomic E-state index is 12.9. The Morgan fingerprint density at radius 3 is 2.79 bits per heavy atom. The van der Waals surface area contributed by atoms with Gasteiger partial charge in [0.05, 0.1) is 17.2 Å². The predicted octanol–water partition coefficient (Wildman–Crippen LogP) is 2.73. The third kappa shape index (κ3) is 4.62. The van der Waals surface area contributed by atoms with Crippen molar-refractivity contribution < 1.29 is 14.4 Å². The first-order chi connectivity index (χ1) is 13.4. The molecule has 3 heterocycles. The molecular formula is C20H28N4O3S. The molecule has 0 bridgehead atoms. The molecule has 0 radical (unpaired) electrons. The Morgan fingerprint density at radius 2 is 2.14 bits per heavy atom. The number of aliphatic imine (C=N–C) groups is 1. The van der Waals surface area contributed by atoms with Crippen LogP contribution in [0.1, 0.15) is 43.4 Å². The number of rotatable bonds is 7. The van der Waals surface area contributed by atoms with Crippen LogP contribution in [-0.2, 0) is 20.8 Å². The summed E-state index contributed by atoms with van der Waals surface area (Å²) in [6, 6.07) is 2.06. The predicted molar refractivity (Wildman–Crippen MR) is 111 cm³/mol. The number of likely N-dealkylation sites (tertiary alicyclic amines) is 1. The number of fused-ring (bicyclic) bond motifs is 1. The van der Waals surface area contributed by atoms with Crippen LogP contribution >= 0.6 is 11.3 Å². The number of carbonyl (C=O) groups excluding carboxylic acids is 2. The SMILES string of the molecule is CCCN(OCC)C(=O)C1=Cc2sc(CC3CN(C(C)=O)C3)cc2N=C(N)C1. The van der Waals surface area contributed by atoms with Gasteiger partial charge in [0.15, 0.2) is 0 Å². The molecular weight excluding hydrogens is 376 g/mol. The zero-order valence-corrected chi connectivity index (χ0v) is 17.6. The van der Waals surface area contributed by atoms with Crippen molar-refractivity contribution in [3.05, 3.63) is 21.4 Å². The number of hydroxylamine groups is 2. The van der Waals surface area contributed by atoms with Crippen LogP contribution in [0.3, 0.4) is 0 Å². The van der Waals surface area contributed by atoms with Crippen molar-refractivity contribution in [1.29, 1.82) is 0 Å². The summed E-state index contributed by atoms with van der Waals surface area (Å²) in [5, 5.41) is 1.42. The second kappa shape index (κ2) is 8.87. The van der Waals surface area contributed by atoms with E-state index >= 15 is 0 Å². The van der Waals surface area contributed by atoms with Gasteiger partial charge in [0.1, 0.15) is 5.84 Å². The molecule has 0 aromatic carbocycles. The summed E-state index contributed by atoms with van der Waals surface area (Å²) in [4.78, 5) is 38.3. The van der Waals surface area contributed by atoms with Crippen molar-refractivity contribution in [2.24, 2.45) is 16.6 Å². The Labute approximate surface area is 169 Å². The standard InChI is InChI=1S/C20H28N4O3S/c1-4-6-24(27-5-2)20(26)15-8-18-17(22-19(21)9-15)10-16(28-18)7-14-11-23(12-14)13(3)25/h8,10,14H,4-7,9,11-12H2,1-3H3,(H2,21,22). The maximum absolute atomic E-state index is 12.9. The molecule has 2 N–H and O–H groups in total. The number of amides is 2. The third-order valence-corrected chi connectivity index (χ3v) is 5.93. The van der Waals surface area contributed by atoms with Crippen LogP contribution in [0.25, 0.3) is 6.08 Å². The smallest absolute Gasteiger partial charge is 0.273 e. The third-order valence-electron chi connectivity index (χ3n) is 4.84. The number of thiophene rings is 1. The molecule has 8 heteroatoms. The molecule has 28 heavy (non-hydrogen) atoms. The number of hydrogen-bond donors (Lipinski definition) is 1. The lowest BCUT2D eigenvalue weighted by Crippen LogP contribution is -2.49. The quantitative estimate of drug-likeness (QED) is 0.708. The van der Waals surface area contributed by atoms with E-state index in [1.807, 2.05) is 24.8 Å². The van der Waals surface area contributed by atoms with E-state index in [0.717, 1.165) is 36.5 Å². The fourth-order valence-corrected chi connectivity index (χ4v) is 4.64. The summed E-state index contributed by atoms with van der Waals surface area (Å²) in [5.41, 5.74) is 7.50. The monoisotopic (exact) mass is 404 g/mol. The van der Waals surface area contributed by atoms with Gasteiger partial charge in [0, 0.05) is 43.4 Å². The molecule has 0 spiro atoms. The molecule has 3 rings (SSSR count). The molecule has 0 unspecified atom stereocenters. The number of amidine groups is 1. The van der Waals surface area contributed by atoms with Crippen molar-refractivity contribution in [3.63, 3.8) is 0 Å². The van der Waals surface area contributed by atoms with Gasteiger partial charge < -0.3 is 10.6 Å². The minimum atomic E-state index is -0.152. The van der Waals surface area contributed by atoms with Crippen molar-refractivity contribution in [2.45, 2.75) is 40.0 Å². The van der Waals surface area contributed by atoms with Gasteiger partial charge in [-0.05, 0) is 37.8 Å². The Kier molecular flexibility index (Phi) is 6.51. The Morgan fingerprint density at radius 1 is 1.39 bits per heavy atom. The van der Waals surface area contributed by atoms with Gasteiger partial charge in [-0.1, -0.05) is 6.92 Å². The normalized spacial score (nSPS) is 16.6. The van der Waals surface area contributed by atoms with Crippen LogP contribution < -0.4 is 5.73 Å². The van der Waals surface area contributed by atoms with E-state index < -0.39 is 0 Å². The molecule has 2 amide bonds. The van der Waals surface area contributed by atoms with Gasteiger partial charge in [-0.15, -0.1) is 11.3 Å². The highest BCUT2D eigenvalue weighted by Gasteiger charge is 2.29. The van der Waals surface area contributed by atoms with E-state index in [1.165, 1.54) is 9.94 Å². The van der Waals surface area contributed by atoms with Crippen molar-refractivity contribution in [1.82, 2.24) is 9.96 Å². The van der Waals surface area contributed by atoms with Gasteiger partial charge >= 0.3 is 0 Å². The van der Waals surface area contributed by atoms with E-state index in [-0.39, 0.29) is 11.8 Å². The first-order valence-electron chi connectivity index (χ1n) is 9.77. The fourth-order valence-electron chi connectivity index (χ4n) is 3.46. The largest absolute Gasteiger partial charge is 0.387 e. The van der Waals surface area contributed by atoms with Crippen molar-refractivity contribution >= 4 is 40.8 Å². The second-order valence-electron chi connectivity index (χ2n) is 7.23. The minimum absolute atomic E-state index is 0.132. The lowest BCUT2D eigenvalue weighted by molar-refractivity contribution is -0.180. The van der Waals surface area contributed by atoms with E-state index in [1.54, 1.807) is 18.3 Å². The molecule has 0 atom stereocenters. The van der Waals surface area contributed by atoms with E-state index in [0.29, 0.717) is 36.9 Å².